The van der Waals surface area contributed by atoms with Crippen molar-refractivity contribution in [1.82, 2.24) is 0 Å². The fraction of sp³-hybridized carbons (Fsp3) is 0.357. The van der Waals surface area contributed by atoms with Gasteiger partial charge in [-0.2, -0.15) is 0 Å². The molecule has 0 spiro atoms. The number of carboxylic acid groups (broad SMARTS) is 1. The Morgan fingerprint density at radius 1 is 1.41 bits per heavy atom. The number of aliphatic carboxylic acids is 1. The van der Waals surface area contributed by atoms with Gasteiger partial charge in [-0.25, -0.2) is 0 Å². The van der Waals surface area contributed by atoms with Crippen molar-refractivity contribution in [3.63, 3.8) is 0 Å². The van der Waals surface area contributed by atoms with Crippen LogP contribution in [0.2, 0.25) is 0 Å². The van der Waals surface area contributed by atoms with Crippen molar-refractivity contribution in [2.75, 3.05) is 5.32 Å². The van der Waals surface area contributed by atoms with Crippen LogP contribution < -0.4 is 5.32 Å². The van der Waals surface area contributed by atoms with E-state index in [1.165, 1.54) is 5.56 Å². The van der Waals surface area contributed by atoms with Gasteiger partial charge in [0.05, 0.1) is 6.42 Å². The van der Waals surface area contributed by atoms with E-state index in [0.717, 1.165) is 12.1 Å². The summed E-state index contributed by atoms with van der Waals surface area (Å²) in [6, 6.07) is 8.49. The highest BCUT2D eigenvalue weighted by molar-refractivity contribution is 5.68. The molecule has 2 N–H and O–H groups in total. The van der Waals surface area contributed by atoms with E-state index in [9.17, 15) is 4.79 Å². The van der Waals surface area contributed by atoms with Crippen LogP contribution in [0.3, 0.4) is 0 Å². The van der Waals surface area contributed by atoms with Crippen molar-refractivity contribution in [2.24, 2.45) is 5.92 Å². The zero-order valence-electron chi connectivity index (χ0n) is 9.47. The third kappa shape index (κ3) is 1.71. The maximum atomic E-state index is 10.9. The van der Waals surface area contributed by atoms with E-state index in [2.05, 4.69) is 29.6 Å². The molecule has 1 aromatic rings. The Morgan fingerprint density at radius 3 is 3.06 bits per heavy atom. The predicted octanol–water partition coefficient (Wildman–Crippen LogP) is 2.62. The second-order valence-corrected chi connectivity index (χ2v) is 4.80. The molecular weight excluding hydrogens is 214 g/mol. The summed E-state index contributed by atoms with van der Waals surface area (Å²) in [5, 5.41) is 12.4. The molecule has 1 heterocycles. The molecule has 17 heavy (non-hydrogen) atoms. The molecule has 1 aromatic carbocycles. The highest BCUT2D eigenvalue weighted by Gasteiger charge is 2.37. The first-order valence-corrected chi connectivity index (χ1v) is 5.99. The van der Waals surface area contributed by atoms with Crippen LogP contribution in [0, 0.1) is 5.92 Å². The first-order valence-electron chi connectivity index (χ1n) is 5.99. The van der Waals surface area contributed by atoms with Gasteiger partial charge < -0.3 is 10.4 Å². The van der Waals surface area contributed by atoms with Gasteiger partial charge in [0, 0.05) is 17.6 Å². The molecule has 0 saturated heterocycles. The van der Waals surface area contributed by atoms with Crippen LogP contribution in [-0.2, 0) is 4.79 Å². The average molecular weight is 229 g/mol. The van der Waals surface area contributed by atoms with Gasteiger partial charge in [0.1, 0.15) is 0 Å². The van der Waals surface area contributed by atoms with E-state index in [1.807, 2.05) is 12.1 Å². The van der Waals surface area contributed by atoms with Crippen LogP contribution in [0.5, 0.6) is 0 Å². The molecule has 88 valence electrons. The number of nitrogens with one attached hydrogen (secondary N) is 1. The van der Waals surface area contributed by atoms with Gasteiger partial charge >= 0.3 is 5.97 Å². The number of fused-ring (bicyclic) bond motifs is 3. The van der Waals surface area contributed by atoms with E-state index in [4.69, 9.17) is 5.11 Å². The Bertz CT molecular complexity index is 481. The van der Waals surface area contributed by atoms with Gasteiger partial charge in [-0.15, -0.1) is 0 Å². The Balaban J connectivity index is 1.91. The molecule has 3 atom stereocenters. The lowest BCUT2D eigenvalue weighted by Crippen LogP contribution is -2.33. The molecule has 1 aliphatic carbocycles. The Morgan fingerprint density at radius 2 is 2.24 bits per heavy atom. The maximum absolute atomic E-state index is 10.9. The summed E-state index contributed by atoms with van der Waals surface area (Å²) in [6.07, 6.45) is 5.43. The molecule has 0 fully saturated rings. The van der Waals surface area contributed by atoms with Crippen LogP contribution in [0.15, 0.2) is 36.4 Å². The van der Waals surface area contributed by atoms with Crippen LogP contribution in [0.4, 0.5) is 5.69 Å². The predicted molar refractivity (Wildman–Crippen MR) is 66.1 cm³/mol. The summed E-state index contributed by atoms with van der Waals surface area (Å²) < 4.78 is 0. The highest BCUT2D eigenvalue weighted by Crippen LogP contribution is 2.43. The second kappa shape index (κ2) is 3.91. The van der Waals surface area contributed by atoms with Gasteiger partial charge in [0.2, 0.25) is 0 Å². The van der Waals surface area contributed by atoms with Crippen molar-refractivity contribution in [3.05, 3.63) is 42.0 Å². The molecule has 1 aliphatic heterocycles. The lowest BCUT2D eigenvalue weighted by molar-refractivity contribution is -0.138. The minimum Gasteiger partial charge on any atom is -0.481 e. The Hall–Kier alpha value is -1.77. The first-order chi connectivity index (χ1) is 8.25. The number of benzene rings is 1. The summed E-state index contributed by atoms with van der Waals surface area (Å²) in [5.41, 5.74) is 2.45. The van der Waals surface area contributed by atoms with Crippen LogP contribution in [0.1, 0.15) is 24.3 Å². The number of allylic oxidation sites excluding steroid dienone is 1. The number of carbonyl (C=O) groups is 1. The quantitative estimate of drug-likeness (QED) is 0.766. The number of rotatable bonds is 2. The van der Waals surface area contributed by atoms with Crippen LogP contribution in [-0.4, -0.2) is 17.1 Å². The monoisotopic (exact) mass is 229 g/mol. The molecule has 2 aliphatic rings. The van der Waals surface area contributed by atoms with Crippen molar-refractivity contribution in [2.45, 2.75) is 24.8 Å². The second-order valence-electron chi connectivity index (χ2n) is 4.80. The minimum absolute atomic E-state index is 0.190. The van der Waals surface area contributed by atoms with E-state index >= 15 is 0 Å². The number of para-hydroxylation sites is 1. The molecule has 0 saturated carbocycles. The fourth-order valence-corrected chi connectivity index (χ4v) is 3.00. The van der Waals surface area contributed by atoms with E-state index < -0.39 is 5.97 Å². The summed E-state index contributed by atoms with van der Waals surface area (Å²) in [7, 11) is 0. The average Bonchev–Trinajstić information content (AvgIpc) is 2.68. The van der Waals surface area contributed by atoms with E-state index in [0.29, 0.717) is 5.92 Å². The van der Waals surface area contributed by atoms with Crippen LogP contribution in [0.25, 0.3) is 0 Å². The van der Waals surface area contributed by atoms with Gasteiger partial charge in [-0.1, -0.05) is 30.4 Å². The Kier molecular flexibility index (Phi) is 2.39. The standard InChI is InChI=1S/C14H15NO2/c16-13(17)8-9-4-3-6-11-10-5-1-2-7-12(10)15-14(9)11/h1-3,5-7,9,11,14-15H,4,8H2,(H,16,17). The number of hydrogen-bond donors (Lipinski definition) is 2. The lowest BCUT2D eigenvalue weighted by Gasteiger charge is -2.29. The normalized spacial score (nSPS) is 29.3. The minimum atomic E-state index is -0.707. The van der Waals surface area contributed by atoms with Crippen molar-refractivity contribution in [1.29, 1.82) is 0 Å². The van der Waals surface area contributed by atoms with Crippen molar-refractivity contribution < 1.29 is 9.90 Å². The molecule has 0 amide bonds. The third-order valence-electron chi connectivity index (χ3n) is 3.76. The molecule has 0 bridgehead atoms. The Labute approximate surface area is 100 Å². The third-order valence-corrected chi connectivity index (χ3v) is 3.76. The van der Waals surface area contributed by atoms with Crippen molar-refractivity contribution in [3.8, 4) is 0 Å². The number of anilines is 1. The zero-order chi connectivity index (χ0) is 11.8. The smallest absolute Gasteiger partial charge is 0.303 e. The summed E-state index contributed by atoms with van der Waals surface area (Å²) in [6.45, 7) is 0. The summed E-state index contributed by atoms with van der Waals surface area (Å²) in [4.78, 5) is 10.9. The number of carboxylic acids is 1. The molecule has 3 unspecified atom stereocenters. The fourth-order valence-electron chi connectivity index (χ4n) is 3.00. The molecule has 3 nitrogen and oxygen atoms in total. The summed E-state index contributed by atoms with van der Waals surface area (Å²) >= 11 is 0. The molecule has 3 rings (SSSR count). The zero-order valence-corrected chi connectivity index (χ0v) is 9.47. The lowest BCUT2D eigenvalue weighted by atomic mass is 9.79. The van der Waals surface area contributed by atoms with Crippen molar-refractivity contribution >= 4 is 11.7 Å². The van der Waals surface area contributed by atoms with Gasteiger partial charge in [-0.05, 0) is 24.0 Å². The molecular formula is C14H15NO2. The molecule has 3 heteroatoms. The van der Waals surface area contributed by atoms with E-state index in [-0.39, 0.29) is 18.4 Å². The topological polar surface area (TPSA) is 49.3 Å². The summed E-state index contributed by atoms with van der Waals surface area (Å²) in [5.74, 6) is -0.180. The molecule has 0 aromatic heterocycles. The van der Waals surface area contributed by atoms with Gasteiger partial charge in [0.25, 0.3) is 0 Å². The largest absolute Gasteiger partial charge is 0.481 e. The maximum Gasteiger partial charge on any atom is 0.303 e. The van der Waals surface area contributed by atoms with Gasteiger partial charge in [-0.3, -0.25) is 4.79 Å². The number of hydrogen-bond acceptors (Lipinski definition) is 2. The van der Waals surface area contributed by atoms with Gasteiger partial charge in [0.15, 0.2) is 0 Å². The highest BCUT2D eigenvalue weighted by atomic mass is 16.4. The van der Waals surface area contributed by atoms with E-state index in [1.54, 1.807) is 0 Å². The SMILES string of the molecule is O=C(O)CC1CC=CC2c3ccccc3NC12. The molecule has 0 radical (unpaired) electrons. The first kappa shape index (κ1) is 10.4. The van der Waals surface area contributed by atoms with Crippen LogP contribution >= 0.6 is 0 Å².